The van der Waals surface area contributed by atoms with Gasteiger partial charge in [-0.2, -0.15) is 0 Å². The van der Waals surface area contributed by atoms with Crippen LogP contribution in [0, 0.1) is 5.92 Å². The second-order valence-electron chi connectivity index (χ2n) is 3.98. The minimum absolute atomic E-state index is 0.240. The summed E-state index contributed by atoms with van der Waals surface area (Å²) in [6.07, 6.45) is 2.37. The summed E-state index contributed by atoms with van der Waals surface area (Å²) in [5, 5.41) is 11.3. The van der Waals surface area contributed by atoms with Crippen molar-refractivity contribution in [2.24, 2.45) is 5.92 Å². The van der Waals surface area contributed by atoms with Gasteiger partial charge in [-0.3, -0.25) is 4.79 Å². The second-order valence-corrected chi connectivity index (χ2v) is 3.98. The normalized spacial score (nSPS) is 9.94. The molecule has 0 saturated heterocycles. The fourth-order valence-electron chi connectivity index (χ4n) is 1.22. The first-order valence-electron chi connectivity index (χ1n) is 5.32. The van der Waals surface area contributed by atoms with Gasteiger partial charge in [-0.05, 0) is 12.3 Å². The number of rotatable bonds is 7. The molecule has 0 aliphatic rings. The number of amides is 2. The monoisotopic (exact) mass is 228 g/mol. The predicted octanol–water partition coefficient (Wildman–Crippen LogP) is 1.31. The first-order chi connectivity index (χ1) is 7.47. The number of nitrogens with zero attached hydrogens (tertiary/aromatic N) is 1. The third-order valence-electron chi connectivity index (χ3n) is 1.82. The van der Waals surface area contributed by atoms with E-state index < -0.39 is 5.97 Å². The van der Waals surface area contributed by atoms with E-state index in [1.807, 2.05) is 13.8 Å². The van der Waals surface area contributed by atoms with Gasteiger partial charge >= 0.3 is 12.0 Å². The van der Waals surface area contributed by atoms with Crippen molar-refractivity contribution < 1.29 is 14.7 Å². The number of carbonyl (C=O) groups is 2. The Hall–Kier alpha value is -1.52. The van der Waals surface area contributed by atoms with Crippen molar-refractivity contribution in [1.29, 1.82) is 0 Å². The molecule has 16 heavy (non-hydrogen) atoms. The third kappa shape index (κ3) is 6.86. The average Bonchev–Trinajstić information content (AvgIpc) is 2.15. The van der Waals surface area contributed by atoms with Crippen LogP contribution in [-0.4, -0.2) is 41.6 Å². The Morgan fingerprint density at radius 1 is 1.50 bits per heavy atom. The Bertz CT molecular complexity index is 252. The first kappa shape index (κ1) is 14.5. The Kier molecular flexibility index (Phi) is 7.00. The van der Waals surface area contributed by atoms with Crippen molar-refractivity contribution in [1.82, 2.24) is 10.2 Å². The van der Waals surface area contributed by atoms with Crippen LogP contribution in [0.2, 0.25) is 0 Å². The topological polar surface area (TPSA) is 69.6 Å². The summed E-state index contributed by atoms with van der Waals surface area (Å²) in [4.78, 5) is 23.5. The molecule has 0 bridgehead atoms. The highest BCUT2D eigenvalue weighted by atomic mass is 16.4. The van der Waals surface area contributed by atoms with Crippen LogP contribution in [-0.2, 0) is 4.79 Å². The largest absolute Gasteiger partial charge is 0.480 e. The van der Waals surface area contributed by atoms with E-state index >= 15 is 0 Å². The number of carboxylic acids is 1. The van der Waals surface area contributed by atoms with E-state index in [-0.39, 0.29) is 18.5 Å². The summed E-state index contributed by atoms with van der Waals surface area (Å²) in [7, 11) is 0. The Balaban J connectivity index is 4.19. The summed E-state index contributed by atoms with van der Waals surface area (Å²) >= 11 is 0. The van der Waals surface area contributed by atoms with Crippen LogP contribution in [0.3, 0.4) is 0 Å². The number of aliphatic carboxylic acids is 1. The van der Waals surface area contributed by atoms with Crippen LogP contribution in [0.5, 0.6) is 0 Å². The zero-order chi connectivity index (χ0) is 12.6. The number of carbonyl (C=O) groups excluding carboxylic acids is 1. The van der Waals surface area contributed by atoms with Gasteiger partial charge in [0.05, 0.1) is 0 Å². The van der Waals surface area contributed by atoms with Crippen molar-refractivity contribution in [3.05, 3.63) is 12.7 Å². The highest BCUT2D eigenvalue weighted by Gasteiger charge is 2.16. The van der Waals surface area contributed by atoms with E-state index in [0.717, 1.165) is 0 Å². The molecule has 2 N–H and O–H groups in total. The summed E-state index contributed by atoms with van der Waals surface area (Å²) in [5.41, 5.74) is 0. The maximum Gasteiger partial charge on any atom is 0.323 e. The van der Waals surface area contributed by atoms with E-state index in [0.29, 0.717) is 19.5 Å². The molecule has 0 aromatic rings. The molecule has 0 atom stereocenters. The lowest BCUT2D eigenvalue weighted by atomic mass is 10.2. The zero-order valence-corrected chi connectivity index (χ0v) is 9.90. The molecule has 0 rings (SSSR count). The fourth-order valence-corrected chi connectivity index (χ4v) is 1.22. The highest BCUT2D eigenvalue weighted by Crippen LogP contribution is 1.99. The quantitative estimate of drug-likeness (QED) is 0.510. The van der Waals surface area contributed by atoms with E-state index in [2.05, 4.69) is 11.9 Å². The van der Waals surface area contributed by atoms with Gasteiger partial charge < -0.3 is 15.3 Å². The van der Waals surface area contributed by atoms with Crippen LogP contribution in [0.4, 0.5) is 4.79 Å². The number of hydrogen-bond donors (Lipinski definition) is 2. The summed E-state index contributed by atoms with van der Waals surface area (Å²) < 4.78 is 0. The molecule has 0 aromatic carbocycles. The summed E-state index contributed by atoms with van der Waals surface area (Å²) in [6.45, 7) is 8.07. The minimum Gasteiger partial charge on any atom is -0.480 e. The summed E-state index contributed by atoms with van der Waals surface area (Å²) in [6, 6.07) is -0.335. The van der Waals surface area contributed by atoms with Gasteiger partial charge in [0.2, 0.25) is 0 Å². The van der Waals surface area contributed by atoms with Gasteiger partial charge in [-0.15, -0.1) is 6.58 Å². The summed E-state index contributed by atoms with van der Waals surface area (Å²) in [5.74, 6) is -0.760. The van der Waals surface area contributed by atoms with Crippen molar-refractivity contribution >= 4 is 12.0 Å². The minimum atomic E-state index is -1.00. The standard InChI is InChI=1S/C11H20N2O3/c1-4-5-6-12-11(16)13(7-9(2)3)8-10(14)15/h4,9H,1,5-8H2,2-3H3,(H,12,16)(H,14,15). The van der Waals surface area contributed by atoms with Gasteiger partial charge in [0.15, 0.2) is 0 Å². The molecule has 0 fully saturated rings. The fraction of sp³-hybridized carbons (Fsp3) is 0.636. The van der Waals surface area contributed by atoms with Crippen LogP contribution in [0.25, 0.3) is 0 Å². The SMILES string of the molecule is C=CCCNC(=O)N(CC(=O)O)CC(C)C. The maximum atomic E-state index is 11.6. The second kappa shape index (κ2) is 7.73. The van der Waals surface area contributed by atoms with E-state index in [4.69, 9.17) is 5.11 Å². The number of urea groups is 1. The molecular formula is C11H20N2O3. The smallest absolute Gasteiger partial charge is 0.323 e. The average molecular weight is 228 g/mol. The molecule has 0 spiro atoms. The number of hydrogen-bond acceptors (Lipinski definition) is 2. The molecule has 0 aliphatic heterocycles. The lowest BCUT2D eigenvalue weighted by Crippen LogP contribution is -2.44. The molecule has 5 heteroatoms. The van der Waals surface area contributed by atoms with Crippen molar-refractivity contribution in [2.75, 3.05) is 19.6 Å². The van der Waals surface area contributed by atoms with E-state index in [9.17, 15) is 9.59 Å². The van der Waals surface area contributed by atoms with Crippen LogP contribution in [0.15, 0.2) is 12.7 Å². The third-order valence-corrected chi connectivity index (χ3v) is 1.82. The van der Waals surface area contributed by atoms with Gasteiger partial charge in [0, 0.05) is 13.1 Å². The molecule has 0 heterocycles. The number of nitrogens with one attached hydrogen (secondary N) is 1. The molecule has 0 unspecified atom stereocenters. The molecule has 0 aliphatic carbocycles. The molecule has 5 nitrogen and oxygen atoms in total. The van der Waals surface area contributed by atoms with Gasteiger partial charge in [0.1, 0.15) is 6.54 Å². The Morgan fingerprint density at radius 3 is 2.56 bits per heavy atom. The van der Waals surface area contributed by atoms with Crippen molar-refractivity contribution in [3.8, 4) is 0 Å². The van der Waals surface area contributed by atoms with Crippen LogP contribution < -0.4 is 5.32 Å². The first-order valence-corrected chi connectivity index (χ1v) is 5.32. The molecule has 92 valence electrons. The lowest BCUT2D eigenvalue weighted by Gasteiger charge is -2.22. The molecule has 0 saturated carbocycles. The predicted molar refractivity (Wildman–Crippen MR) is 62.3 cm³/mol. The Morgan fingerprint density at radius 2 is 2.12 bits per heavy atom. The lowest BCUT2D eigenvalue weighted by molar-refractivity contribution is -0.137. The van der Waals surface area contributed by atoms with Crippen molar-refractivity contribution in [3.63, 3.8) is 0 Å². The Labute approximate surface area is 96.1 Å². The van der Waals surface area contributed by atoms with E-state index in [1.165, 1.54) is 4.90 Å². The number of carboxylic acid groups (broad SMARTS) is 1. The molecular weight excluding hydrogens is 208 g/mol. The zero-order valence-electron chi connectivity index (χ0n) is 9.90. The molecule has 2 amide bonds. The van der Waals surface area contributed by atoms with Gasteiger partial charge in [0.25, 0.3) is 0 Å². The van der Waals surface area contributed by atoms with Gasteiger partial charge in [-0.25, -0.2) is 4.79 Å². The van der Waals surface area contributed by atoms with Crippen LogP contribution in [0.1, 0.15) is 20.3 Å². The van der Waals surface area contributed by atoms with Crippen molar-refractivity contribution in [2.45, 2.75) is 20.3 Å². The van der Waals surface area contributed by atoms with E-state index in [1.54, 1.807) is 6.08 Å². The molecule has 0 radical (unpaired) electrons. The van der Waals surface area contributed by atoms with Gasteiger partial charge in [-0.1, -0.05) is 19.9 Å². The highest BCUT2D eigenvalue weighted by molar-refractivity contribution is 5.80. The van der Waals surface area contributed by atoms with Crippen LogP contribution >= 0.6 is 0 Å². The molecule has 0 aromatic heterocycles. The maximum absolute atomic E-state index is 11.6.